The molecule has 9 nitrogen and oxygen atoms in total. The molecule has 9 heteroatoms. The van der Waals surface area contributed by atoms with Crippen molar-refractivity contribution in [1.82, 2.24) is 0 Å². The van der Waals surface area contributed by atoms with E-state index in [1.807, 2.05) is 72.8 Å². The monoisotopic (exact) mass is 774 g/mol. The van der Waals surface area contributed by atoms with Crippen LogP contribution in [0.2, 0.25) is 0 Å². The maximum atomic E-state index is 10.3. The summed E-state index contributed by atoms with van der Waals surface area (Å²) in [7, 11) is 4.72. The van der Waals surface area contributed by atoms with Crippen molar-refractivity contribution >= 4 is 0 Å². The summed E-state index contributed by atoms with van der Waals surface area (Å²) in [6.07, 6.45) is 0. The predicted molar refractivity (Wildman–Crippen MR) is 227 cm³/mol. The van der Waals surface area contributed by atoms with E-state index >= 15 is 0 Å². The first-order valence-electron chi connectivity index (χ1n) is 18.3. The van der Waals surface area contributed by atoms with Crippen molar-refractivity contribution in [2.45, 2.75) is 0 Å². The SMILES string of the molecule is COc1ccc(-c2c(-c3cc(C#N)cc(C#N)c3)c(-c3ccc(OC)cc3)c(-c3cc(C#N)cc(C#N)c3)c(-c3ccc(OC)cc3)c2-c2cc(C#N)cc(C#N)c2)cc1. The van der Waals surface area contributed by atoms with Gasteiger partial charge in [-0.1, -0.05) is 36.4 Å². The molecule has 7 aromatic rings. The molecule has 0 N–H and O–H groups in total. The Kier molecular flexibility index (Phi) is 11.0. The molecule has 7 rings (SSSR count). The summed E-state index contributed by atoms with van der Waals surface area (Å²) in [5.41, 5.74) is 8.73. The van der Waals surface area contributed by atoms with Crippen LogP contribution < -0.4 is 14.2 Å². The molecule has 0 aromatic heterocycles. The van der Waals surface area contributed by atoms with E-state index < -0.39 is 0 Å². The molecule has 7 aromatic carbocycles. The Balaban J connectivity index is 1.90. The maximum Gasteiger partial charge on any atom is 0.118 e. The van der Waals surface area contributed by atoms with Gasteiger partial charge in [-0.15, -0.1) is 0 Å². The van der Waals surface area contributed by atoms with Crippen molar-refractivity contribution in [3.8, 4) is 120 Å². The number of hydrogen-bond donors (Lipinski definition) is 0. The third kappa shape index (κ3) is 7.42. The standard InChI is InChI=1S/C51H30N6O3/c1-58-43-10-4-37(5-11-43)46-49(40-19-31(25-52)16-32(20-40)26-53)47(38-6-12-44(59-2)13-7-38)51(42-23-35(29-56)18-36(24-42)30-57)48(39-8-14-45(60-3)15-9-39)50(46)41-21-33(27-54)17-34(22-41)28-55/h4-24H,1-3H3. The van der Waals surface area contributed by atoms with Crippen LogP contribution >= 0.6 is 0 Å². The molecule has 0 radical (unpaired) electrons. The lowest BCUT2D eigenvalue weighted by atomic mass is 9.73. The Morgan fingerprint density at radius 3 is 0.617 bits per heavy atom. The lowest BCUT2D eigenvalue weighted by Crippen LogP contribution is -2.03. The van der Waals surface area contributed by atoms with Gasteiger partial charge >= 0.3 is 0 Å². The molecule has 0 spiro atoms. The van der Waals surface area contributed by atoms with Crippen LogP contribution in [-0.2, 0) is 0 Å². The summed E-state index contributed by atoms with van der Waals surface area (Å²) < 4.78 is 16.8. The number of nitrogens with zero attached hydrogens (tertiary/aromatic N) is 6. The van der Waals surface area contributed by atoms with Gasteiger partial charge in [-0.05, 0) is 158 Å². The summed E-state index contributed by atoms with van der Waals surface area (Å²) in [5, 5.41) is 62.0. The lowest BCUT2D eigenvalue weighted by molar-refractivity contribution is 0.415. The second-order valence-electron chi connectivity index (χ2n) is 13.5. The molecular formula is C51H30N6O3. The van der Waals surface area contributed by atoms with Gasteiger partial charge in [0.25, 0.3) is 0 Å². The van der Waals surface area contributed by atoms with Crippen LogP contribution in [0.1, 0.15) is 33.4 Å². The first kappa shape index (κ1) is 39.1. The maximum absolute atomic E-state index is 10.3. The molecule has 0 fully saturated rings. The fourth-order valence-corrected chi connectivity index (χ4v) is 7.46. The summed E-state index contributed by atoms with van der Waals surface area (Å²) in [5.74, 6) is 1.79. The van der Waals surface area contributed by atoms with Crippen LogP contribution in [-0.4, -0.2) is 21.3 Å². The van der Waals surface area contributed by atoms with Gasteiger partial charge in [0.15, 0.2) is 0 Å². The van der Waals surface area contributed by atoms with E-state index in [9.17, 15) is 31.6 Å². The fourth-order valence-electron chi connectivity index (χ4n) is 7.46. The molecule has 0 unspecified atom stereocenters. The quantitative estimate of drug-likeness (QED) is 0.138. The summed E-state index contributed by atoms with van der Waals surface area (Å²) in [6.45, 7) is 0. The topological polar surface area (TPSA) is 170 Å². The first-order valence-corrected chi connectivity index (χ1v) is 18.3. The van der Waals surface area contributed by atoms with Crippen molar-refractivity contribution < 1.29 is 14.2 Å². The molecule has 0 bridgehead atoms. The van der Waals surface area contributed by atoms with E-state index in [1.54, 1.807) is 57.7 Å². The lowest BCUT2D eigenvalue weighted by Gasteiger charge is -2.29. The van der Waals surface area contributed by atoms with Crippen molar-refractivity contribution in [1.29, 1.82) is 31.6 Å². The number of hydrogen-bond acceptors (Lipinski definition) is 9. The Morgan fingerprint density at radius 2 is 0.450 bits per heavy atom. The van der Waals surface area contributed by atoms with E-state index in [2.05, 4.69) is 36.4 Å². The number of ether oxygens (including phenoxy) is 3. The fraction of sp³-hybridized carbons (Fsp3) is 0.0588. The van der Waals surface area contributed by atoms with Crippen LogP contribution in [0.3, 0.4) is 0 Å². The van der Waals surface area contributed by atoms with Crippen LogP contribution in [0.4, 0.5) is 0 Å². The smallest absolute Gasteiger partial charge is 0.118 e. The molecular weight excluding hydrogens is 745 g/mol. The second kappa shape index (κ2) is 16.9. The van der Waals surface area contributed by atoms with Gasteiger partial charge in [0.05, 0.1) is 91.1 Å². The zero-order valence-corrected chi connectivity index (χ0v) is 32.5. The van der Waals surface area contributed by atoms with Crippen LogP contribution in [0, 0.1) is 68.0 Å². The summed E-state index contributed by atoms with van der Waals surface area (Å²) in [6, 6.07) is 50.5. The number of methoxy groups -OCH3 is 3. The second-order valence-corrected chi connectivity index (χ2v) is 13.5. The molecule has 0 aliphatic heterocycles. The predicted octanol–water partition coefficient (Wildman–Crippen LogP) is 10.9. The molecule has 0 saturated heterocycles. The van der Waals surface area contributed by atoms with Gasteiger partial charge < -0.3 is 14.2 Å². The van der Waals surface area contributed by atoms with Gasteiger partial charge in [-0.2, -0.15) is 31.6 Å². The molecule has 0 aliphatic carbocycles. The third-order valence-electron chi connectivity index (χ3n) is 10.1. The van der Waals surface area contributed by atoms with Crippen molar-refractivity contribution in [2.24, 2.45) is 0 Å². The normalized spacial score (nSPS) is 10.2. The highest BCUT2D eigenvalue weighted by molar-refractivity contribution is 6.15. The van der Waals surface area contributed by atoms with Crippen molar-refractivity contribution in [3.63, 3.8) is 0 Å². The molecule has 0 heterocycles. The Bertz CT molecular complexity index is 2640. The largest absolute Gasteiger partial charge is 0.497 e. The summed E-state index contributed by atoms with van der Waals surface area (Å²) in [4.78, 5) is 0. The summed E-state index contributed by atoms with van der Waals surface area (Å²) >= 11 is 0. The van der Waals surface area contributed by atoms with E-state index in [4.69, 9.17) is 14.2 Å². The Morgan fingerprint density at radius 1 is 0.267 bits per heavy atom. The van der Waals surface area contributed by atoms with Gasteiger partial charge in [0.1, 0.15) is 17.2 Å². The number of nitriles is 6. The van der Waals surface area contributed by atoms with E-state index in [0.29, 0.717) is 84.0 Å². The van der Waals surface area contributed by atoms with Gasteiger partial charge in [0, 0.05) is 0 Å². The average molecular weight is 775 g/mol. The van der Waals surface area contributed by atoms with E-state index in [1.165, 1.54) is 18.2 Å². The van der Waals surface area contributed by atoms with Crippen molar-refractivity contribution in [3.05, 3.63) is 161 Å². The van der Waals surface area contributed by atoms with Gasteiger partial charge in [0.2, 0.25) is 0 Å². The minimum Gasteiger partial charge on any atom is -0.497 e. The van der Waals surface area contributed by atoms with Gasteiger partial charge in [-0.3, -0.25) is 0 Å². The highest BCUT2D eigenvalue weighted by Gasteiger charge is 2.30. The zero-order chi connectivity index (χ0) is 42.3. The molecule has 0 atom stereocenters. The van der Waals surface area contributed by atoms with E-state index in [-0.39, 0.29) is 33.4 Å². The minimum atomic E-state index is 0.240. The van der Waals surface area contributed by atoms with Gasteiger partial charge in [-0.25, -0.2) is 0 Å². The third-order valence-corrected chi connectivity index (χ3v) is 10.1. The number of rotatable bonds is 9. The van der Waals surface area contributed by atoms with Crippen molar-refractivity contribution in [2.75, 3.05) is 21.3 Å². The average Bonchev–Trinajstić information content (AvgIpc) is 3.32. The Hall–Kier alpha value is -9.12. The minimum absolute atomic E-state index is 0.240. The molecule has 282 valence electrons. The highest BCUT2D eigenvalue weighted by atomic mass is 16.5. The van der Waals surface area contributed by atoms with E-state index in [0.717, 1.165) is 0 Å². The van der Waals surface area contributed by atoms with Crippen LogP contribution in [0.25, 0.3) is 66.8 Å². The molecule has 0 saturated carbocycles. The van der Waals surface area contributed by atoms with Crippen LogP contribution in [0.15, 0.2) is 127 Å². The van der Waals surface area contributed by atoms with Crippen LogP contribution in [0.5, 0.6) is 17.2 Å². The molecule has 0 aliphatic rings. The number of benzene rings is 7. The Labute approximate surface area is 347 Å². The molecule has 0 amide bonds. The first-order chi connectivity index (χ1) is 29.3. The molecule has 60 heavy (non-hydrogen) atoms. The highest BCUT2D eigenvalue weighted by Crippen LogP contribution is 2.56. The zero-order valence-electron chi connectivity index (χ0n) is 32.5.